The number of nitrogens with zero attached hydrogens (tertiary/aromatic N) is 2. The summed E-state index contributed by atoms with van der Waals surface area (Å²) in [6.07, 6.45) is 0. The molecule has 0 saturated carbocycles. The molecule has 0 spiro atoms. The summed E-state index contributed by atoms with van der Waals surface area (Å²) in [4.78, 5) is 0. The average molecular weight is 345 g/mol. The summed E-state index contributed by atoms with van der Waals surface area (Å²) in [5.41, 5.74) is 4.44. The zero-order valence-electron chi connectivity index (χ0n) is 12.4. The van der Waals surface area contributed by atoms with Gasteiger partial charge in [0.05, 0.1) is 5.52 Å². The van der Waals surface area contributed by atoms with E-state index in [4.69, 9.17) is 4.74 Å². The molecule has 0 saturated heterocycles. The Bertz CT molecular complexity index is 785. The van der Waals surface area contributed by atoms with Crippen molar-refractivity contribution in [2.24, 2.45) is 7.05 Å². The van der Waals surface area contributed by atoms with Gasteiger partial charge in [-0.05, 0) is 43.2 Å². The van der Waals surface area contributed by atoms with E-state index in [-0.39, 0.29) is 0 Å². The van der Waals surface area contributed by atoms with E-state index in [1.807, 2.05) is 36.0 Å². The highest BCUT2D eigenvalue weighted by Crippen LogP contribution is 2.27. The average Bonchev–Trinajstić information content (AvgIpc) is 2.79. The van der Waals surface area contributed by atoms with Gasteiger partial charge in [-0.1, -0.05) is 34.1 Å². The summed E-state index contributed by atoms with van der Waals surface area (Å²) in [6, 6.07) is 12.3. The zero-order chi connectivity index (χ0) is 15.0. The third-order valence-electron chi connectivity index (χ3n) is 3.62. The molecule has 0 aliphatic rings. The van der Waals surface area contributed by atoms with Crippen LogP contribution in [0.3, 0.4) is 0 Å². The number of aromatic nitrogens is 2. The maximum atomic E-state index is 5.93. The minimum Gasteiger partial charge on any atom is -0.487 e. The highest BCUT2D eigenvalue weighted by molar-refractivity contribution is 9.10. The van der Waals surface area contributed by atoms with Crippen LogP contribution in [0.2, 0.25) is 0 Å². The van der Waals surface area contributed by atoms with Gasteiger partial charge in [0.1, 0.15) is 18.1 Å². The van der Waals surface area contributed by atoms with Gasteiger partial charge in [0, 0.05) is 16.9 Å². The maximum Gasteiger partial charge on any atom is 0.133 e. The number of aryl methyl sites for hydroxylation is 3. The lowest BCUT2D eigenvalue weighted by molar-refractivity contribution is 0.301. The van der Waals surface area contributed by atoms with E-state index in [0.29, 0.717) is 6.61 Å². The van der Waals surface area contributed by atoms with Gasteiger partial charge in [0.2, 0.25) is 0 Å². The van der Waals surface area contributed by atoms with E-state index in [9.17, 15) is 0 Å². The van der Waals surface area contributed by atoms with Crippen LogP contribution >= 0.6 is 15.9 Å². The Labute approximate surface area is 132 Å². The summed E-state index contributed by atoms with van der Waals surface area (Å²) >= 11 is 3.57. The van der Waals surface area contributed by atoms with Crippen LogP contribution in [0.1, 0.15) is 16.8 Å². The first-order valence-electron chi connectivity index (χ1n) is 6.86. The molecular formula is C17H17BrN2O. The van der Waals surface area contributed by atoms with Crippen molar-refractivity contribution in [3.63, 3.8) is 0 Å². The standard InChI is InChI=1S/C17H17BrN2O/c1-11-8-13(9-12(2)17(11)18)21-10-15-14-6-4-5-7-16(14)20(3)19-15/h4-9H,10H2,1-3H3. The Morgan fingerprint density at radius 2 is 1.81 bits per heavy atom. The molecule has 3 aromatic rings. The Hall–Kier alpha value is -1.81. The fraction of sp³-hybridized carbons (Fsp3) is 0.235. The Balaban J connectivity index is 1.87. The summed E-state index contributed by atoms with van der Waals surface area (Å²) in [5, 5.41) is 5.69. The smallest absolute Gasteiger partial charge is 0.133 e. The third-order valence-corrected chi connectivity index (χ3v) is 4.87. The van der Waals surface area contributed by atoms with E-state index < -0.39 is 0 Å². The quantitative estimate of drug-likeness (QED) is 0.697. The molecule has 0 unspecified atom stereocenters. The van der Waals surface area contributed by atoms with Crippen molar-refractivity contribution >= 4 is 26.8 Å². The van der Waals surface area contributed by atoms with Crippen LogP contribution in [0.15, 0.2) is 40.9 Å². The SMILES string of the molecule is Cc1cc(OCc2nn(C)c3ccccc23)cc(C)c1Br. The van der Waals surface area contributed by atoms with Gasteiger partial charge >= 0.3 is 0 Å². The highest BCUT2D eigenvalue weighted by atomic mass is 79.9. The van der Waals surface area contributed by atoms with Gasteiger partial charge in [-0.3, -0.25) is 4.68 Å². The largest absolute Gasteiger partial charge is 0.487 e. The number of hydrogen-bond acceptors (Lipinski definition) is 2. The predicted molar refractivity (Wildman–Crippen MR) is 88.7 cm³/mol. The van der Waals surface area contributed by atoms with E-state index in [0.717, 1.165) is 26.8 Å². The lowest BCUT2D eigenvalue weighted by Crippen LogP contribution is -1.99. The third kappa shape index (κ3) is 2.68. The van der Waals surface area contributed by atoms with Gasteiger partial charge in [0.25, 0.3) is 0 Å². The summed E-state index contributed by atoms with van der Waals surface area (Å²) in [6.45, 7) is 4.61. The van der Waals surface area contributed by atoms with Gasteiger partial charge in [-0.25, -0.2) is 0 Å². The fourth-order valence-electron chi connectivity index (χ4n) is 2.54. The van der Waals surface area contributed by atoms with Crippen molar-refractivity contribution in [2.75, 3.05) is 0 Å². The van der Waals surface area contributed by atoms with Crippen LogP contribution in [-0.4, -0.2) is 9.78 Å². The first kappa shape index (κ1) is 14.1. The van der Waals surface area contributed by atoms with Crippen molar-refractivity contribution in [1.82, 2.24) is 9.78 Å². The lowest BCUT2D eigenvalue weighted by Gasteiger charge is -2.09. The van der Waals surface area contributed by atoms with Crippen LogP contribution < -0.4 is 4.74 Å². The molecule has 21 heavy (non-hydrogen) atoms. The molecule has 2 aromatic carbocycles. The minimum absolute atomic E-state index is 0.474. The van der Waals surface area contributed by atoms with Gasteiger partial charge in [-0.15, -0.1) is 0 Å². The topological polar surface area (TPSA) is 27.1 Å². The highest BCUT2D eigenvalue weighted by Gasteiger charge is 2.09. The second-order valence-corrected chi connectivity index (χ2v) is 6.04. The zero-order valence-corrected chi connectivity index (χ0v) is 13.9. The molecule has 0 N–H and O–H groups in total. The molecule has 3 rings (SSSR count). The minimum atomic E-state index is 0.474. The number of rotatable bonds is 3. The number of para-hydroxylation sites is 1. The molecule has 4 heteroatoms. The van der Waals surface area contributed by atoms with Crippen LogP contribution in [0, 0.1) is 13.8 Å². The molecule has 0 aliphatic carbocycles. The number of benzene rings is 2. The second kappa shape index (κ2) is 5.53. The Morgan fingerprint density at radius 3 is 2.52 bits per heavy atom. The van der Waals surface area contributed by atoms with Crippen molar-refractivity contribution in [3.8, 4) is 5.75 Å². The molecule has 0 atom stereocenters. The van der Waals surface area contributed by atoms with Crippen molar-refractivity contribution < 1.29 is 4.74 Å². The molecule has 0 radical (unpaired) electrons. The van der Waals surface area contributed by atoms with Crippen molar-refractivity contribution in [3.05, 3.63) is 57.7 Å². The number of fused-ring (bicyclic) bond motifs is 1. The van der Waals surface area contributed by atoms with Gasteiger partial charge < -0.3 is 4.74 Å². The first-order valence-corrected chi connectivity index (χ1v) is 7.65. The van der Waals surface area contributed by atoms with Crippen LogP contribution in [0.25, 0.3) is 10.9 Å². The Morgan fingerprint density at radius 1 is 1.14 bits per heavy atom. The molecular weight excluding hydrogens is 328 g/mol. The van der Waals surface area contributed by atoms with Gasteiger partial charge in [0.15, 0.2) is 0 Å². The number of hydrogen-bond donors (Lipinski definition) is 0. The van der Waals surface area contributed by atoms with Gasteiger partial charge in [-0.2, -0.15) is 5.10 Å². The summed E-state index contributed by atoms with van der Waals surface area (Å²) < 4.78 is 8.97. The van der Waals surface area contributed by atoms with Crippen molar-refractivity contribution in [2.45, 2.75) is 20.5 Å². The number of halogens is 1. The Kier molecular flexibility index (Phi) is 3.72. The molecule has 0 bridgehead atoms. The van der Waals surface area contributed by atoms with E-state index in [1.165, 1.54) is 11.1 Å². The van der Waals surface area contributed by atoms with Crippen LogP contribution in [0.4, 0.5) is 0 Å². The van der Waals surface area contributed by atoms with E-state index in [2.05, 4.69) is 47.0 Å². The molecule has 108 valence electrons. The molecule has 1 aromatic heterocycles. The second-order valence-electron chi connectivity index (χ2n) is 5.25. The van der Waals surface area contributed by atoms with Crippen LogP contribution in [-0.2, 0) is 13.7 Å². The summed E-state index contributed by atoms with van der Waals surface area (Å²) in [5.74, 6) is 0.878. The predicted octanol–water partition coefficient (Wildman–Crippen LogP) is 4.53. The normalized spacial score (nSPS) is 11.0. The molecule has 1 heterocycles. The number of ether oxygens (including phenoxy) is 1. The first-order chi connectivity index (χ1) is 10.1. The summed E-state index contributed by atoms with van der Waals surface area (Å²) in [7, 11) is 1.96. The van der Waals surface area contributed by atoms with E-state index in [1.54, 1.807) is 0 Å². The fourth-order valence-corrected chi connectivity index (χ4v) is 2.77. The molecule has 0 amide bonds. The molecule has 0 fully saturated rings. The molecule has 3 nitrogen and oxygen atoms in total. The van der Waals surface area contributed by atoms with Crippen LogP contribution in [0.5, 0.6) is 5.75 Å². The molecule has 0 aliphatic heterocycles. The monoisotopic (exact) mass is 344 g/mol. The lowest BCUT2D eigenvalue weighted by atomic mass is 10.1. The maximum absolute atomic E-state index is 5.93. The van der Waals surface area contributed by atoms with E-state index >= 15 is 0 Å². The van der Waals surface area contributed by atoms with Crippen molar-refractivity contribution in [1.29, 1.82) is 0 Å².